The second-order valence-electron chi connectivity index (χ2n) is 12.7. The van der Waals surface area contributed by atoms with Crippen molar-refractivity contribution in [3.63, 3.8) is 0 Å². The summed E-state index contributed by atoms with van der Waals surface area (Å²) in [6.45, 7) is 15.9. The van der Waals surface area contributed by atoms with Gasteiger partial charge >= 0.3 is 5.97 Å². The number of aliphatic hydroxyl groups is 4. The predicted molar refractivity (Wildman–Crippen MR) is 148 cm³/mol. The molecule has 8 heteroatoms. The van der Waals surface area contributed by atoms with Crippen LogP contribution in [0.1, 0.15) is 81.1 Å². The van der Waals surface area contributed by atoms with Crippen molar-refractivity contribution in [1.82, 2.24) is 0 Å². The van der Waals surface area contributed by atoms with Crippen molar-refractivity contribution in [3.05, 3.63) is 34.9 Å². The van der Waals surface area contributed by atoms with Gasteiger partial charge in [-0.15, -0.1) is 0 Å². The van der Waals surface area contributed by atoms with Crippen molar-refractivity contribution < 1.29 is 39.4 Å². The Labute approximate surface area is 233 Å². The lowest BCUT2D eigenvalue weighted by Crippen LogP contribution is -2.64. The van der Waals surface area contributed by atoms with Gasteiger partial charge in [-0.25, -0.2) is 4.79 Å². The van der Waals surface area contributed by atoms with Crippen molar-refractivity contribution in [3.8, 4) is 0 Å². The minimum Gasteiger partial charge on any atom is -0.456 e. The zero-order chi connectivity index (χ0) is 29.3. The van der Waals surface area contributed by atoms with Crippen molar-refractivity contribution in [2.75, 3.05) is 6.61 Å². The van der Waals surface area contributed by atoms with E-state index in [1.165, 1.54) is 5.57 Å². The van der Waals surface area contributed by atoms with Gasteiger partial charge in [0.1, 0.15) is 24.4 Å². The number of rotatable bonds is 8. The average molecular weight is 551 g/mol. The molecule has 1 aliphatic heterocycles. The Kier molecular flexibility index (Phi) is 10.3. The van der Waals surface area contributed by atoms with Gasteiger partial charge in [0.25, 0.3) is 0 Å². The van der Waals surface area contributed by atoms with Gasteiger partial charge in [-0.3, -0.25) is 0 Å². The SMILES string of the molecule is C/C=C(/C)C(=O)O[C@@H]1[C@@H](O[C@@H]2O[C@@H](C)[C@H](O)[C@@H](O)[C@H]2O)C[C@@]2(C)[C@H](CC/C(C)=C/CO)C(C)=CC[C@@H]2C1(C)C. The second kappa shape index (κ2) is 12.5. The van der Waals surface area contributed by atoms with Crippen LogP contribution in [0.15, 0.2) is 34.9 Å². The summed E-state index contributed by atoms with van der Waals surface area (Å²) < 4.78 is 18.4. The number of hydrogen-bond acceptors (Lipinski definition) is 8. The Bertz CT molecular complexity index is 968. The van der Waals surface area contributed by atoms with E-state index in [1.54, 1.807) is 26.8 Å². The number of carbonyl (C=O) groups is 1. The Morgan fingerprint density at radius 2 is 1.82 bits per heavy atom. The number of ether oxygens (including phenoxy) is 3. The summed E-state index contributed by atoms with van der Waals surface area (Å²) in [4.78, 5) is 13.0. The molecule has 3 rings (SSSR count). The first kappa shape index (κ1) is 32.0. The molecule has 39 heavy (non-hydrogen) atoms. The van der Waals surface area contributed by atoms with Crippen LogP contribution < -0.4 is 0 Å². The van der Waals surface area contributed by atoms with Crippen LogP contribution in [0.5, 0.6) is 0 Å². The van der Waals surface area contributed by atoms with E-state index in [2.05, 4.69) is 33.8 Å². The average Bonchev–Trinajstić information content (AvgIpc) is 2.87. The summed E-state index contributed by atoms with van der Waals surface area (Å²) in [6, 6.07) is 0. The van der Waals surface area contributed by atoms with E-state index < -0.39 is 54.3 Å². The van der Waals surface area contributed by atoms with Gasteiger partial charge in [0.15, 0.2) is 6.29 Å². The van der Waals surface area contributed by atoms with Crippen molar-refractivity contribution in [2.24, 2.45) is 22.7 Å². The number of allylic oxidation sites excluding steroid dienone is 4. The molecule has 1 saturated heterocycles. The fourth-order valence-corrected chi connectivity index (χ4v) is 7.29. The van der Waals surface area contributed by atoms with Crippen molar-refractivity contribution >= 4 is 5.97 Å². The molecule has 0 spiro atoms. The number of aliphatic hydroxyl groups excluding tert-OH is 4. The topological polar surface area (TPSA) is 126 Å². The largest absolute Gasteiger partial charge is 0.456 e. The molecule has 0 radical (unpaired) electrons. The highest BCUT2D eigenvalue weighted by atomic mass is 16.7. The van der Waals surface area contributed by atoms with Gasteiger partial charge in [0.2, 0.25) is 0 Å². The van der Waals surface area contributed by atoms with E-state index in [9.17, 15) is 25.2 Å². The molecule has 10 atom stereocenters. The molecule has 8 nitrogen and oxygen atoms in total. The first-order chi connectivity index (χ1) is 18.2. The maximum atomic E-state index is 13.0. The second-order valence-corrected chi connectivity index (χ2v) is 12.7. The van der Waals surface area contributed by atoms with Crippen molar-refractivity contribution in [1.29, 1.82) is 0 Å². The van der Waals surface area contributed by atoms with Gasteiger partial charge in [0.05, 0.1) is 18.8 Å². The summed E-state index contributed by atoms with van der Waals surface area (Å²) in [7, 11) is 0. The zero-order valence-corrected chi connectivity index (χ0v) is 24.9. The molecule has 1 heterocycles. The van der Waals surface area contributed by atoms with Gasteiger partial charge in [-0.05, 0) is 77.6 Å². The Morgan fingerprint density at radius 3 is 2.44 bits per heavy atom. The van der Waals surface area contributed by atoms with Gasteiger partial charge in [-0.1, -0.05) is 50.1 Å². The highest BCUT2D eigenvalue weighted by Gasteiger charge is 2.61. The Hall–Kier alpha value is -1.55. The van der Waals surface area contributed by atoms with Crippen LogP contribution in [0.3, 0.4) is 0 Å². The number of fused-ring (bicyclic) bond motifs is 1. The minimum atomic E-state index is -1.45. The van der Waals surface area contributed by atoms with Crippen LogP contribution in [0.2, 0.25) is 0 Å². The molecule has 1 saturated carbocycles. The molecule has 0 amide bonds. The van der Waals surface area contributed by atoms with E-state index in [4.69, 9.17) is 14.2 Å². The summed E-state index contributed by atoms with van der Waals surface area (Å²) in [5, 5.41) is 40.7. The zero-order valence-electron chi connectivity index (χ0n) is 24.9. The third-order valence-electron chi connectivity index (χ3n) is 9.80. The molecule has 0 aromatic heterocycles. The summed E-state index contributed by atoms with van der Waals surface area (Å²) in [5.41, 5.74) is 2.27. The number of carbonyl (C=O) groups excluding carboxylic acids is 1. The first-order valence-electron chi connectivity index (χ1n) is 14.3. The van der Waals surface area contributed by atoms with Crippen molar-refractivity contribution in [2.45, 2.75) is 124 Å². The van der Waals surface area contributed by atoms with Crippen LogP contribution in [-0.2, 0) is 19.0 Å². The van der Waals surface area contributed by atoms with E-state index in [0.717, 1.165) is 24.8 Å². The smallest absolute Gasteiger partial charge is 0.333 e. The summed E-state index contributed by atoms with van der Waals surface area (Å²) in [6.07, 6.45) is 1.78. The quantitative estimate of drug-likeness (QED) is 0.204. The minimum absolute atomic E-state index is 0.0233. The van der Waals surface area contributed by atoms with E-state index in [-0.39, 0.29) is 23.9 Å². The van der Waals surface area contributed by atoms with E-state index in [0.29, 0.717) is 12.0 Å². The molecule has 0 unspecified atom stereocenters. The summed E-state index contributed by atoms with van der Waals surface area (Å²) in [5.74, 6) is 0.0135. The molecular weight excluding hydrogens is 500 g/mol. The third-order valence-corrected chi connectivity index (χ3v) is 9.80. The van der Waals surface area contributed by atoms with E-state index >= 15 is 0 Å². The molecule has 2 aliphatic carbocycles. The molecule has 0 aromatic carbocycles. The molecule has 222 valence electrons. The van der Waals surface area contributed by atoms with Crippen LogP contribution in [0, 0.1) is 22.7 Å². The Morgan fingerprint density at radius 1 is 1.15 bits per heavy atom. The maximum absolute atomic E-state index is 13.0. The Balaban J connectivity index is 2.01. The normalized spacial score (nSPS) is 41.0. The van der Waals surface area contributed by atoms with Crippen LogP contribution in [-0.4, -0.2) is 75.9 Å². The lowest BCUT2D eigenvalue weighted by Gasteiger charge is -2.61. The van der Waals surface area contributed by atoms with Gasteiger partial charge in [0, 0.05) is 11.0 Å². The monoisotopic (exact) mass is 550 g/mol. The summed E-state index contributed by atoms with van der Waals surface area (Å²) >= 11 is 0. The molecule has 2 fully saturated rings. The lowest BCUT2D eigenvalue weighted by molar-refractivity contribution is -0.325. The number of esters is 1. The maximum Gasteiger partial charge on any atom is 0.333 e. The van der Waals surface area contributed by atoms with Gasteiger partial charge < -0.3 is 34.6 Å². The molecular formula is C31H50O8. The highest BCUT2D eigenvalue weighted by molar-refractivity contribution is 5.87. The molecule has 3 aliphatic rings. The number of hydrogen-bond donors (Lipinski definition) is 4. The van der Waals surface area contributed by atoms with Crippen LogP contribution in [0.25, 0.3) is 0 Å². The van der Waals surface area contributed by atoms with E-state index in [1.807, 2.05) is 13.0 Å². The lowest BCUT2D eigenvalue weighted by atomic mass is 9.46. The molecule has 0 bridgehead atoms. The first-order valence-corrected chi connectivity index (χ1v) is 14.3. The molecule has 4 N–H and O–H groups in total. The van der Waals surface area contributed by atoms with Gasteiger partial charge in [-0.2, -0.15) is 0 Å². The third kappa shape index (κ3) is 6.36. The standard InChI is InChI=1S/C31H50O8/c1-9-18(3)28(36)39-27-22(38-29-26(35)25(34)24(33)20(5)37-29)16-31(8)21(12-10-17(2)14-15-32)19(4)11-13-23(31)30(27,6)7/h9,11,14,20-27,29,32-35H,10,12-13,15-16H2,1-8H3/b17-14+,18-9-/t20-,21+,22-,23+,24-,25+,26+,27+,29-,31-/m0/s1. The fraction of sp³-hybridized carbons (Fsp3) is 0.774. The highest BCUT2D eigenvalue weighted by Crippen LogP contribution is 2.62. The van der Waals surface area contributed by atoms with Crippen LogP contribution >= 0.6 is 0 Å². The fourth-order valence-electron chi connectivity index (χ4n) is 7.29. The predicted octanol–water partition coefficient (Wildman–Crippen LogP) is 3.81. The van der Waals surface area contributed by atoms with Crippen LogP contribution in [0.4, 0.5) is 0 Å². The molecule has 0 aromatic rings.